The number of anilines is 1. The minimum Gasteiger partial charge on any atom is -0.372 e. The molecule has 1 aromatic heterocycles. The molecule has 0 amide bonds. The Kier molecular flexibility index (Phi) is 3.33. The number of hydrogen-bond donors (Lipinski definition) is 1. The average Bonchev–Trinajstić information content (AvgIpc) is 2.31. The summed E-state index contributed by atoms with van der Waals surface area (Å²) in [6.07, 6.45) is 1.73. The normalized spacial score (nSPS) is 10.2. The van der Waals surface area contributed by atoms with Crippen LogP contribution in [0.4, 0.5) is 10.2 Å². The van der Waals surface area contributed by atoms with Gasteiger partial charge in [0.2, 0.25) is 0 Å². The van der Waals surface area contributed by atoms with E-state index in [1.165, 1.54) is 12.1 Å². The fourth-order valence-corrected chi connectivity index (χ4v) is 1.81. The molecule has 0 atom stereocenters. The summed E-state index contributed by atoms with van der Waals surface area (Å²) < 4.78 is 13.7. The molecule has 0 spiro atoms. The minimum absolute atomic E-state index is 0.261. The van der Waals surface area contributed by atoms with Crippen molar-refractivity contribution in [2.45, 2.75) is 0 Å². The zero-order valence-electron chi connectivity index (χ0n) is 8.54. The lowest BCUT2D eigenvalue weighted by atomic mass is 10.2. The van der Waals surface area contributed by atoms with E-state index >= 15 is 0 Å². The third-order valence-electron chi connectivity index (χ3n) is 2.08. The second kappa shape index (κ2) is 4.73. The van der Waals surface area contributed by atoms with Gasteiger partial charge in [-0.2, -0.15) is 0 Å². The summed E-state index contributed by atoms with van der Waals surface area (Å²) in [5.41, 5.74) is 0.800. The van der Waals surface area contributed by atoms with Crippen LogP contribution in [0.15, 0.2) is 30.5 Å². The molecule has 0 radical (unpaired) electrons. The lowest BCUT2D eigenvalue weighted by molar-refractivity contribution is 0.628. The van der Waals surface area contributed by atoms with E-state index in [4.69, 9.17) is 0 Å². The number of benzene rings is 1. The van der Waals surface area contributed by atoms with Gasteiger partial charge in [0.1, 0.15) is 11.6 Å². The molecule has 0 saturated heterocycles. The lowest BCUT2D eigenvalue weighted by Crippen LogP contribution is -1.99. The minimum atomic E-state index is -0.261. The van der Waals surface area contributed by atoms with Crippen molar-refractivity contribution in [2.75, 3.05) is 12.4 Å². The van der Waals surface area contributed by atoms with Gasteiger partial charge < -0.3 is 5.32 Å². The molecule has 5 heteroatoms. The highest BCUT2D eigenvalue weighted by molar-refractivity contribution is 14.1. The van der Waals surface area contributed by atoms with Crippen LogP contribution in [0.25, 0.3) is 11.4 Å². The molecule has 0 aliphatic carbocycles. The summed E-state index contributed by atoms with van der Waals surface area (Å²) in [7, 11) is 1.80. The highest BCUT2D eigenvalue weighted by atomic mass is 127. The third-order valence-corrected chi connectivity index (χ3v) is 2.87. The number of rotatable bonds is 2. The fourth-order valence-electron chi connectivity index (χ4n) is 1.28. The fraction of sp³-hybridized carbons (Fsp3) is 0.0909. The SMILES string of the molecule is CNc1nc(-c2ccc(F)cc2)ncc1I. The topological polar surface area (TPSA) is 37.8 Å². The molecule has 0 bridgehead atoms. The predicted molar refractivity (Wildman–Crippen MR) is 69.7 cm³/mol. The molecule has 1 N–H and O–H groups in total. The first-order chi connectivity index (χ1) is 7.70. The quantitative estimate of drug-likeness (QED) is 0.861. The van der Waals surface area contributed by atoms with Crippen molar-refractivity contribution >= 4 is 28.4 Å². The molecule has 3 nitrogen and oxygen atoms in total. The second-order valence-electron chi connectivity index (χ2n) is 3.15. The van der Waals surface area contributed by atoms with Gasteiger partial charge in [-0.1, -0.05) is 0 Å². The van der Waals surface area contributed by atoms with Crippen molar-refractivity contribution in [3.8, 4) is 11.4 Å². The van der Waals surface area contributed by atoms with E-state index in [9.17, 15) is 4.39 Å². The Morgan fingerprint density at radius 2 is 1.94 bits per heavy atom. The zero-order chi connectivity index (χ0) is 11.5. The molecule has 2 rings (SSSR count). The van der Waals surface area contributed by atoms with Gasteiger partial charge in [0.25, 0.3) is 0 Å². The molecule has 16 heavy (non-hydrogen) atoms. The van der Waals surface area contributed by atoms with Crippen molar-refractivity contribution < 1.29 is 4.39 Å². The Labute approximate surface area is 106 Å². The van der Waals surface area contributed by atoms with Gasteiger partial charge in [-0.25, -0.2) is 14.4 Å². The van der Waals surface area contributed by atoms with Crippen LogP contribution in [0.5, 0.6) is 0 Å². The van der Waals surface area contributed by atoms with Crippen LogP contribution in [0, 0.1) is 9.39 Å². The Balaban J connectivity index is 2.44. The summed E-state index contributed by atoms with van der Waals surface area (Å²) in [5, 5.41) is 2.98. The van der Waals surface area contributed by atoms with Crippen LogP contribution in [-0.2, 0) is 0 Å². The Bertz CT molecular complexity index is 499. The largest absolute Gasteiger partial charge is 0.372 e. The first kappa shape index (κ1) is 11.3. The van der Waals surface area contributed by atoms with Gasteiger partial charge in [0, 0.05) is 18.8 Å². The van der Waals surface area contributed by atoms with Crippen molar-refractivity contribution in [3.63, 3.8) is 0 Å². The van der Waals surface area contributed by atoms with Gasteiger partial charge >= 0.3 is 0 Å². The molecule has 82 valence electrons. The van der Waals surface area contributed by atoms with E-state index in [1.807, 2.05) is 0 Å². The third kappa shape index (κ3) is 2.29. The van der Waals surface area contributed by atoms with Gasteiger partial charge in [-0.3, -0.25) is 0 Å². The summed E-state index contributed by atoms with van der Waals surface area (Å²) >= 11 is 2.15. The van der Waals surface area contributed by atoms with E-state index < -0.39 is 0 Å². The smallest absolute Gasteiger partial charge is 0.161 e. The summed E-state index contributed by atoms with van der Waals surface area (Å²) in [5.74, 6) is 1.10. The molecule has 0 aliphatic heterocycles. The van der Waals surface area contributed by atoms with E-state index in [0.717, 1.165) is 15.0 Å². The van der Waals surface area contributed by atoms with Crippen molar-refractivity contribution in [2.24, 2.45) is 0 Å². The standard InChI is InChI=1S/C11H9FIN3/c1-14-11-9(13)6-15-10(16-11)7-2-4-8(12)5-3-7/h2-6H,1H3,(H,14,15,16). The van der Waals surface area contributed by atoms with E-state index in [0.29, 0.717) is 5.82 Å². The first-order valence-electron chi connectivity index (χ1n) is 4.67. The van der Waals surface area contributed by atoms with Gasteiger partial charge in [-0.15, -0.1) is 0 Å². The molecule has 0 aliphatic rings. The van der Waals surface area contributed by atoms with Gasteiger partial charge in [-0.05, 0) is 46.9 Å². The maximum atomic E-state index is 12.8. The number of nitrogens with one attached hydrogen (secondary N) is 1. The maximum absolute atomic E-state index is 12.8. The molecular formula is C11H9FIN3. The van der Waals surface area contributed by atoms with Crippen LogP contribution < -0.4 is 5.32 Å². The molecular weight excluding hydrogens is 320 g/mol. The molecule has 0 saturated carbocycles. The van der Waals surface area contributed by atoms with Crippen molar-refractivity contribution in [3.05, 3.63) is 39.8 Å². The van der Waals surface area contributed by atoms with E-state index in [-0.39, 0.29) is 5.82 Å². The van der Waals surface area contributed by atoms with E-state index in [1.54, 1.807) is 25.4 Å². The van der Waals surface area contributed by atoms with Crippen molar-refractivity contribution in [1.82, 2.24) is 9.97 Å². The van der Waals surface area contributed by atoms with Gasteiger partial charge in [0.05, 0.1) is 3.57 Å². The molecule has 0 unspecified atom stereocenters. The second-order valence-corrected chi connectivity index (χ2v) is 4.31. The highest BCUT2D eigenvalue weighted by Gasteiger charge is 2.05. The zero-order valence-corrected chi connectivity index (χ0v) is 10.7. The van der Waals surface area contributed by atoms with Crippen LogP contribution in [0.2, 0.25) is 0 Å². The molecule has 1 aromatic carbocycles. The molecule has 0 fully saturated rings. The van der Waals surface area contributed by atoms with Crippen LogP contribution in [0.1, 0.15) is 0 Å². The van der Waals surface area contributed by atoms with Crippen LogP contribution >= 0.6 is 22.6 Å². The Morgan fingerprint density at radius 3 is 2.56 bits per heavy atom. The molecule has 2 aromatic rings. The average molecular weight is 329 g/mol. The van der Waals surface area contributed by atoms with Crippen LogP contribution in [0.3, 0.4) is 0 Å². The Morgan fingerprint density at radius 1 is 1.25 bits per heavy atom. The number of nitrogens with zero attached hydrogens (tertiary/aromatic N) is 2. The highest BCUT2D eigenvalue weighted by Crippen LogP contribution is 2.20. The molecule has 1 heterocycles. The monoisotopic (exact) mass is 329 g/mol. The summed E-state index contributed by atoms with van der Waals surface area (Å²) in [6.45, 7) is 0. The number of aromatic nitrogens is 2. The summed E-state index contributed by atoms with van der Waals surface area (Å²) in [6, 6.07) is 6.12. The number of halogens is 2. The van der Waals surface area contributed by atoms with E-state index in [2.05, 4.69) is 37.9 Å². The summed E-state index contributed by atoms with van der Waals surface area (Å²) in [4.78, 5) is 8.54. The Hall–Kier alpha value is -1.24. The van der Waals surface area contributed by atoms with Gasteiger partial charge in [0.15, 0.2) is 5.82 Å². The maximum Gasteiger partial charge on any atom is 0.161 e. The van der Waals surface area contributed by atoms with Crippen molar-refractivity contribution in [1.29, 1.82) is 0 Å². The lowest BCUT2D eigenvalue weighted by Gasteiger charge is -2.05. The first-order valence-corrected chi connectivity index (χ1v) is 5.75. The number of hydrogen-bond acceptors (Lipinski definition) is 3. The predicted octanol–water partition coefficient (Wildman–Crippen LogP) is 2.93. The van der Waals surface area contributed by atoms with Crippen LogP contribution in [-0.4, -0.2) is 17.0 Å².